The number of carbonyl (C=O) groups excluding carboxylic acids is 1. The minimum absolute atomic E-state index is 0.141. The summed E-state index contributed by atoms with van der Waals surface area (Å²) >= 11 is 5.45. The van der Waals surface area contributed by atoms with Gasteiger partial charge in [-0.15, -0.1) is 11.6 Å². The summed E-state index contributed by atoms with van der Waals surface area (Å²) in [6.45, 7) is 5.24. The SMILES string of the molecule is C=CC(=O)NC(C)CCCl. The molecule has 0 aliphatic rings. The Balaban J connectivity index is 3.46. The van der Waals surface area contributed by atoms with Crippen molar-refractivity contribution in [2.24, 2.45) is 0 Å². The van der Waals surface area contributed by atoms with Gasteiger partial charge in [0.2, 0.25) is 5.91 Å². The van der Waals surface area contributed by atoms with E-state index in [1.165, 1.54) is 6.08 Å². The van der Waals surface area contributed by atoms with Crippen molar-refractivity contribution in [2.45, 2.75) is 19.4 Å². The van der Waals surface area contributed by atoms with E-state index >= 15 is 0 Å². The van der Waals surface area contributed by atoms with E-state index in [0.717, 1.165) is 6.42 Å². The topological polar surface area (TPSA) is 29.1 Å². The second kappa shape index (κ2) is 5.30. The predicted molar refractivity (Wildman–Crippen MR) is 43.1 cm³/mol. The predicted octanol–water partition coefficient (Wildman–Crippen LogP) is 1.31. The van der Waals surface area contributed by atoms with Crippen LogP contribution in [0.1, 0.15) is 13.3 Å². The molecule has 0 heterocycles. The van der Waals surface area contributed by atoms with Crippen molar-refractivity contribution >= 4 is 17.5 Å². The van der Waals surface area contributed by atoms with Gasteiger partial charge in [-0.2, -0.15) is 0 Å². The van der Waals surface area contributed by atoms with Crippen LogP contribution in [0.4, 0.5) is 0 Å². The maximum Gasteiger partial charge on any atom is 0.243 e. The Morgan fingerprint density at radius 2 is 2.50 bits per heavy atom. The highest BCUT2D eigenvalue weighted by molar-refractivity contribution is 6.17. The van der Waals surface area contributed by atoms with Crippen LogP contribution in [-0.2, 0) is 4.79 Å². The standard InChI is InChI=1S/C7H12ClNO/c1-3-7(10)9-6(2)4-5-8/h3,6H,1,4-5H2,2H3,(H,9,10). The van der Waals surface area contributed by atoms with Crippen molar-refractivity contribution in [3.05, 3.63) is 12.7 Å². The van der Waals surface area contributed by atoms with Gasteiger partial charge in [0.05, 0.1) is 0 Å². The van der Waals surface area contributed by atoms with E-state index in [9.17, 15) is 4.79 Å². The molecule has 0 radical (unpaired) electrons. The molecular weight excluding hydrogens is 150 g/mol. The fourth-order valence-corrected chi connectivity index (χ4v) is 0.865. The minimum Gasteiger partial charge on any atom is -0.350 e. The van der Waals surface area contributed by atoms with Crippen LogP contribution in [0.3, 0.4) is 0 Å². The van der Waals surface area contributed by atoms with Gasteiger partial charge in [0, 0.05) is 11.9 Å². The molecule has 0 bridgehead atoms. The monoisotopic (exact) mass is 161 g/mol. The third-order valence-electron chi connectivity index (χ3n) is 1.12. The lowest BCUT2D eigenvalue weighted by molar-refractivity contribution is -0.117. The lowest BCUT2D eigenvalue weighted by Crippen LogP contribution is -2.31. The van der Waals surface area contributed by atoms with Crippen molar-refractivity contribution in [3.63, 3.8) is 0 Å². The first-order valence-electron chi connectivity index (χ1n) is 3.19. The highest BCUT2D eigenvalue weighted by Crippen LogP contribution is 1.92. The molecule has 1 N–H and O–H groups in total. The first-order chi connectivity index (χ1) is 4.70. The van der Waals surface area contributed by atoms with Crippen LogP contribution in [0.15, 0.2) is 12.7 Å². The third kappa shape index (κ3) is 4.39. The van der Waals surface area contributed by atoms with E-state index < -0.39 is 0 Å². The molecule has 0 rings (SSSR count). The minimum atomic E-state index is -0.141. The smallest absolute Gasteiger partial charge is 0.243 e. The molecule has 0 fully saturated rings. The van der Waals surface area contributed by atoms with Gasteiger partial charge >= 0.3 is 0 Å². The Morgan fingerprint density at radius 1 is 1.90 bits per heavy atom. The zero-order valence-corrected chi connectivity index (χ0v) is 6.82. The lowest BCUT2D eigenvalue weighted by atomic mass is 10.2. The average Bonchev–Trinajstić information content (AvgIpc) is 1.88. The summed E-state index contributed by atoms with van der Waals surface area (Å²) in [6.07, 6.45) is 2.05. The van der Waals surface area contributed by atoms with Gasteiger partial charge in [-0.3, -0.25) is 4.79 Å². The molecule has 0 spiro atoms. The first-order valence-corrected chi connectivity index (χ1v) is 3.73. The Hall–Kier alpha value is -0.500. The molecule has 0 aromatic rings. The number of alkyl halides is 1. The molecule has 0 aliphatic carbocycles. The van der Waals surface area contributed by atoms with E-state index in [0.29, 0.717) is 5.88 Å². The van der Waals surface area contributed by atoms with Crippen molar-refractivity contribution < 1.29 is 4.79 Å². The Bertz CT molecular complexity index is 125. The summed E-state index contributed by atoms with van der Waals surface area (Å²) < 4.78 is 0. The fourth-order valence-electron chi connectivity index (χ4n) is 0.538. The first kappa shape index (κ1) is 9.50. The molecule has 1 atom stereocenters. The molecule has 0 aromatic heterocycles. The van der Waals surface area contributed by atoms with Crippen LogP contribution < -0.4 is 5.32 Å². The Labute approximate surface area is 66.3 Å². The van der Waals surface area contributed by atoms with Crippen LogP contribution in [0.5, 0.6) is 0 Å². The molecule has 3 heteroatoms. The van der Waals surface area contributed by atoms with Gasteiger partial charge in [-0.1, -0.05) is 6.58 Å². The number of carbonyl (C=O) groups is 1. The number of nitrogens with one attached hydrogen (secondary N) is 1. The largest absolute Gasteiger partial charge is 0.350 e. The molecule has 10 heavy (non-hydrogen) atoms. The molecule has 0 saturated heterocycles. The van der Waals surface area contributed by atoms with Crippen molar-refractivity contribution in [3.8, 4) is 0 Å². The fraction of sp³-hybridized carbons (Fsp3) is 0.571. The second-order valence-electron chi connectivity index (χ2n) is 2.09. The molecular formula is C7H12ClNO. The maximum absolute atomic E-state index is 10.6. The van der Waals surface area contributed by atoms with Crippen LogP contribution in [0, 0.1) is 0 Å². The second-order valence-corrected chi connectivity index (χ2v) is 2.47. The zero-order valence-electron chi connectivity index (χ0n) is 6.06. The van der Waals surface area contributed by atoms with Gasteiger partial charge in [-0.25, -0.2) is 0 Å². The molecule has 1 amide bonds. The molecule has 0 aromatic carbocycles. The summed E-state index contributed by atoms with van der Waals surface area (Å²) in [5.74, 6) is 0.427. The lowest BCUT2D eigenvalue weighted by Gasteiger charge is -2.09. The quantitative estimate of drug-likeness (QED) is 0.489. The zero-order chi connectivity index (χ0) is 7.98. The van der Waals surface area contributed by atoms with Crippen LogP contribution in [0.2, 0.25) is 0 Å². The highest BCUT2D eigenvalue weighted by atomic mass is 35.5. The van der Waals surface area contributed by atoms with E-state index in [4.69, 9.17) is 11.6 Å². The van der Waals surface area contributed by atoms with Gasteiger partial charge in [0.25, 0.3) is 0 Å². The van der Waals surface area contributed by atoms with Crippen molar-refractivity contribution in [1.29, 1.82) is 0 Å². The summed E-state index contributed by atoms with van der Waals surface area (Å²) in [5, 5.41) is 2.69. The van der Waals surface area contributed by atoms with Crippen molar-refractivity contribution in [1.82, 2.24) is 5.32 Å². The van der Waals surface area contributed by atoms with Crippen LogP contribution in [0.25, 0.3) is 0 Å². The molecule has 58 valence electrons. The number of halogens is 1. The summed E-state index contributed by atoms with van der Waals surface area (Å²) in [5.41, 5.74) is 0. The summed E-state index contributed by atoms with van der Waals surface area (Å²) in [4.78, 5) is 10.6. The van der Waals surface area contributed by atoms with E-state index in [2.05, 4.69) is 11.9 Å². The normalized spacial score (nSPS) is 12.2. The van der Waals surface area contributed by atoms with Crippen molar-refractivity contribution in [2.75, 3.05) is 5.88 Å². The molecule has 0 aliphatic heterocycles. The average molecular weight is 162 g/mol. The number of rotatable bonds is 4. The van der Waals surface area contributed by atoms with Gasteiger partial charge in [0.15, 0.2) is 0 Å². The number of hydrogen-bond acceptors (Lipinski definition) is 1. The van der Waals surface area contributed by atoms with E-state index in [1.54, 1.807) is 0 Å². The van der Waals surface area contributed by atoms with Crippen LogP contribution >= 0.6 is 11.6 Å². The summed E-state index contributed by atoms with van der Waals surface area (Å²) in [7, 11) is 0. The highest BCUT2D eigenvalue weighted by Gasteiger charge is 2.01. The van der Waals surface area contributed by atoms with E-state index in [-0.39, 0.29) is 11.9 Å². The third-order valence-corrected chi connectivity index (χ3v) is 1.33. The molecule has 1 unspecified atom stereocenters. The number of amides is 1. The molecule has 2 nitrogen and oxygen atoms in total. The number of hydrogen-bond donors (Lipinski definition) is 1. The van der Waals surface area contributed by atoms with Gasteiger partial charge in [0.1, 0.15) is 0 Å². The summed E-state index contributed by atoms with van der Waals surface area (Å²) in [6, 6.07) is 0.142. The van der Waals surface area contributed by atoms with Gasteiger partial charge in [-0.05, 0) is 19.4 Å². The van der Waals surface area contributed by atoms with Gasteiger partial charge < -0.3 is 5.32 Å². The van der Waals surface area contributed by atoms with Crippen LogP contribution in [-0.4, -0.2) is 17.8 Å². The molecule has 0 saturated carbocycles. The Morgan fingerprint density at radius 3 is 2.90 bits per heavy atom. The Kier molecular flexibility index (Phi) is 5.03. The van der Waals surface area contributed by atoms with E-state index in [1.807, 2.05) is 6.92 Å². The maximum atomic E-state index is 10.6.